The van der Waals surface area contributed by atoms with Crippen molar-refractivity contribution >= 4 is 15.9 Å². The van der Waals surface area contributed by atoms with Crippen LogP contribution < -0.4 is 10.6 Å². The summed E-state index contributed by atoms with van der Waals surface area (Å²) >= 11 is 0. The number of sulfonamides is 1. The Morgan fingerprint density at radius 3 is 2.67 bits per heavy atom. The standard InChI is InChI=1S/C17H27N3O3S/c1-3-18-14(2)13-19-17(21)16-11-7-8-12-20(16)24(22,23)15-9-5-4-6-10-15/h4-6,9-10,14,16,18H,3,7-8,11-13H2,1-2H3,(H,19,21)/t14-,16?/m1/s1. The van der Waals surface area contributed by atoms with Gasteiger partial charge in [-0.05, 0) is 38.4 Å². The van der Waals surface area contributed by atoms with Crippen molar-refractivity contribution in [1.29, 1.82) is 0 Å². The number of rotatable bonds is 7. The molecule has 1 aliphatic heterocycles. The van der Waals surface area contributed by atoms with Crippen molar-refractivity contribution in [2.75, 3.05) is 19.6 Å². The van der Waals surface area contributed by atoms with E-state index >= 15 is 0 Å². The molecule has 0 aliphatic carbocycles. The molecule has 1 amide bonds. The van der Waals surface area contributed by atoms with E-state index in [-0.39, 0.29) is 16.8 Å². The van der Waals surface area contributed by atoms with Crippen molar-refractivity contribution in [3.05, 3.63) is 30.3 Å². The van der Waals surface area contributed by atoms with E-state index in [2.05, 4.69) is 10.6 Å². The molecular formula is C17H27N3O3S. The Morgan fingerprint density at radius 2 is 2.00 bits per heavy atom. The molecule has 134 valence electrons. The van der Waals surface area contributed by atoms with E-state index in [1.54, 1.807) is 30.3 Å². The first-order valence-electron chi connectivity index (χ1n) is 8.54. The lowest BCUT2D eigenvalue weighted by atomic mass is 10.0. The molecule has 1 saturated heterocycles. The van der Waals surface area contributed by atoms with Crippen LogP contribution in [0.15, 0.2) is 35.2 Å². The third-order valence-electron chi connectivity index (χ3n) is 4.24. The summed E-state index contributed by atoms with van der Waals surface area (Å²) in [5, 5.41) is 6.11. The van der Waals surface area contributed by atoms with Crippen LogP contribution in [0.5, 0.6) is 0 Å². The van der Waals surface area contributed by atoms with Gasteiger partial charge in [0.1, 0.15) is 6.04 Å². The summed E-state index contributed by atoms with van der Waals surface area (Å²) in [6, 6.07) is 7.85. The summed E-state index contributed by atoms with van der Waals surface area (Å²) in [6.45, 7) is 5.70. The van der Waals surface area contributed by atoms with Crippen molar-refractivity contribution in [2.24, 2.45) is 0 Å². The second-order valence-corrected chi connectivity index (χ2v) is 8.03. The van der Waals surface area contributed by atoms with Gasteiger partial charge in [-0.3, -0.25) is 4.79 Å². The molecule has 1 fully saturated rings. The Bertz CT molecular complexity index is 634. The summed E-state index contributed by atoms with van der Waals surface area (Å²) in [5.74, 6) is -0.209. The fourth-order valence-electron chi connectivity index (χ4n) is 2.97. The summed E-state index contributed by atoms with van der Waals surface area (Å²) in [6.07, 6.45) is 2.21. The number of benzene rings is 1. The number of carbonyl (C=O) groups is 1. The zero-order valence-corrected chi connectivity index (χ0v) is 15.2. The number of nitrogens with one attached hydrogen (secondary N) is 2. The van der Waals surface area contributed by atoms with Crippen LogP contribution in [0.25, 0.3) is 0 Å². The van der Waals surface area contributed by atoms with Crippen molar-refractivity contribution in [3.63, 3.8) is 0 Å². The molecule has 2 N–H and O–H groups in total. The quantitative estimate of drug-likeness (QED) is 0.775. The normalized spacial score (nSPS) is 20.5. The van der Waals surface area contributed by atoms with E-state index in [1.807, 2.05) is 13.8 Å². The predicted octanol–water partition coefficient (Wildman–Crippen LogP) is 1.34. The molecule has 2 rings (SSSR count). The zero-order chi connectivity index (χ0) is 17.6. The molecule has 0 aromatic heterocycles. The van der Waals surface area contributed by atoms with E-state index < -0.39 is 16.1 Å². The van der Waals surface area contributed by atoms with Crippen molar-refractivity contribution < 1.29 is 13.2 Å². The number of hydrogen-bond donors (Lipinski definition) is 2. The summed E-state index contributed by atoms with van der Waals surface area (Å²) in [4.78, 5) is 12.8. The van der Waals surface area contributed by atoms with Crippen LogP contribution in [-0.4, -0.2) is 50.3 Å². The molecule has 0 radical (unpaired) electrons. The van der Waals surface area contributed by atoms with Gasteiger partial charge in [0.2, 0.25) is 15.9 Å². The Labute approximate surface area is 144 Å². The molecule has 6 nitrogen and oxygen atoms in total. The molecule has 1 unspecified atom stereocenters. The van der Waals surface area contributed by atoms with Gasteiger partial charge in [-0.1, -0.05) is 31.5 Å². The number of carbonyl (C=O) groups excluding carboxylic acids is 1. The second-order valence-electron chi connectivity index (χ2n) is 6.14. The van der Waals surface area contributed by atoms with E-state index in [1.165, 1.54) is 4.31 Å². The van der Waals surface area contributed by atoms with Crippen molar-refractivity contribution in [2.45, 2.75) is 50.1 Å². The first kappa shape index (κ1) is 18.9. The van der Waals surface area contributed by atoms with Gasteiger partial charge in [-0.2, -0.15) is 4.31 Å². The van der Waals surface area contributed by atoms with Gasteiger partial charge in [0, 0.05) is 19.1 Å². The summed E-state index contributed by atoms with van der Waals surface area (Å²) in [5.41, 5.74) is 0. The Hall–Kier alpha value is -1.44. The van der Waals surface area contributed by atoms with Crippen LogP contribution in [0.1, 0.15) is 33.1 Å². The molecule has 7 heteroatoms. The molecule has 1 aromatic rings. The van der Waals surface area contributed by atoms with E-state index in [0.717, 1.165) is 19.4 Å². The SMILES string of the molecule is CCN[C@H](C)CNC(=O)C1CCCCN1S(=O)(=O)c1ccccc1. The van der Waals surface area contributed by atoms with Gasteiger partial charge in [0.15, 0.2) is 0 Å². The monoisotopic (exact) mass is 353 g/mol. The molecule has 1 aliphatic rings. The molecule has 2 atom stereocenters. The first-order valence-corrected chi connectivity index (χ1v) is 9.98. The molecule has 24 heavy (non-hydrogen) atoms. The Balaban J connectivity index is 2.11. The van der Waals surface area contributed by atoms with Crippen LogP contribution in [0.2, 0.25) is 0 Å². The van der Waals surface area contributed by atoms with Gasteiger partial charge in [-0.15, -0.1) is 0 Å². The third-order valence-corrected chi connectivity index (χ3v) is 6.16. The van der Waals surface area contributed by atoms with Crippen molar-refractivity contribution in [3.8, 4) is 0 Å². The van der Waals surface area contributed by atoms with Crippen molar-refractivity contribution in [1.82, 2.24) is 14.9 Å². The van der Waals surface area contributed by atoms with Gasteiger partial charge in [0.05, 0.1) is 4.90 Å². The lowest BCUT2D eigenvalue weighted by Crippen LogP contribution is -2.53. The smallest absolute Gasteiger partial charge is 0.243 e. The highest BCUT2D eigenvalue weighted by atomic mass is 32.2. The fraction of sp³-hybridized carbons (Fsp3) is 0.588. The molecular weight excluding hydrogens is 326 g/mol. The van der Waals surface area contributed by atoms with Gasteiger partial charge in [0.25, 0.3) is 0 Å². The molecule has 0 spiro atoms. The maximum atomic E-state index is 12.9. The number of amides is 1. The largest absolute Gasteiger partial charge is 0.353 e. The van der Waals surface area contributed by atoms with Gasteiger partial charge in [-0.25, -0.2) is 8.42 Å². The highest BCUT2D eigenvalue weighted by Crippen LogP contribution is 2.25. The lowest BCUT2D eigenvalue weighted by molar-refractivity contribution is -0.125. The molecule has 0 saturated carbocycles. The Morgan fingerprint density at radius 1 is 1.29 bits per heavy atom. The second kappa shape index (κ2) is 8.60. The third kappa shape index (κ3) is 4.55. The van der Waals surface area contributed by atoms with E-state index in [9.17, 15) is 13.2 Å². The predicted molar refractivity (Wildman–Crippen MR) is 94.1 cm³/mol. The van der Waals surface area contributed by atoms with E-state index in [0.29, 0.717) is 19.5 Å². The highest BCUT2D eigenvalue weighted by molar-refractivity contribution is 7.89. The Kier molecular flexibility index (Phi) is 6.77. The van der Waals surface area contributed by atoms with Gasteiger partial charge < -0.3 is 10.6 Å². The number of hydrogen-bond acceptors (Lipinski definition) is 4. The summed E-state index contributed by atoms with van der Waals surface area (Å²) in [7, 11) is -3.65. The van der Waals surface area contributed by atoms with Crippen LogP contribution >= 0.6 is 0 Å². The average Bonchev–Trinajstić information content (AvgIpc) is 2.60. The molecule has 1 heterocycles. The zero-order valence-electron chi connectivity index (χ0n) is 14.4. The minimum atomic E-state index is -3.65. The maximum absolute atomic E-state index is 12.9. The number of likely N-dealkylation sites (N-methyl/N-ethyl adjacent to an activating group) is 1. The van der Waals surface area contributed by atoms with E-state index in [4.69, 9.17) is 0 Å². The number of nitrogens with zero attached hydrogens (tertiary/aromatic N) is 1. The number of piperidine rings is 1. The van der Waals surface area contributed by atoms with Crippen LogP contribution in [0.3, 0.4) is 0 Å². The summed E-state index contributed by atoms with van der Waals surface area (Å²) < 4.78 is 27.1. The first-order chi connectivity index (χ1) is 11.5. The fourth-order valence-corrected chi connectivity index (χ4v) is 4.65. The minimum absolute atomic E-state index is 0.154. The topological polar surface area (TPSA) is 78.5 Å². The maximum Gasteiger partial charge on any atom is 0.243 e. The van der Waals surface area contributed by atoms with Crippen LogP contribution in [0, 0.1) is 0 Å². The molecule has 1 aromatic carbocycles. The van der Waals surface area contributed by atoms with Crippen LogP contribution in [0.4, 0.5) is 0 Å². The molecule has 0 bridgehead atoms. The minimum Gasteiger partial charge on any atom is -0.353 e. The highest BCUT2D eigenvalue weighted by Gasteiger charge is 2.37. The average molecular weight is 353 g/mol. The van der Waals surface area contributed by atoms with Gasteiger partial charge >= 0.3 is 0 Å². The lowest BCUT2D eigenvalue weighted by Gasteiger charge is -2.33. The van der Waals surface area contributed by atoms with Crippen LogP contribution in [-0.2, 0) is 14.8 Å².